The first kappa shape index (κ1) is 18.7. The zero-order chi connectivity index (χ0) is 15.4. The van der Waals surface area contributed by atoms with Gasteiger partial charge in [0.15, 0.2) is 5.78 Å². The van der Waals surface area contributed by atoms with Gasteiger partial charge in [-0.05, 0) is 51.8 Å². The Labute approximate surface area is 138 Å². The summed E-state index contributed by atoms with van der Waals surface area (Å²) < 4.78 is 1.76. The smallest absolute Gasteiger partial charge is 0.270 e. The number of Topliss-reactive ketones (excluding diaryl/α,β-unsaturated/α-hetero) is 1. The second kappa shape index (κ2) is 8.34. The van der Waals surface area contributed by atoms with E-state index in [0.717, 1.165) is 32.5 Å². The molecule has 1 aromatic rings. The summed E-state index contributed by atoms with van der Waals surface area (Å²) in [6, 6.07) is 1.71. The maximum Gasteiger partial charge on any atom is 0.270 e. The van der Waals surface area contributed by atoms with Gasteiger partial charge in [0.25, 0.3) is 5.91 Å². The Bertz CT molecular complexity index is 519. The lowest BCUT2D eigenvalue weighted by molar-refractivity contribution is 0.0677. The quantitative estimate of drug-likeness (QED) is 0.843. The average Bonchev–Trinajstić information content (AvgIpc) is 2.87. The largest absolute Gasteiger partial charge is 0.346 e. The van der Waals surface area contributed by atoms with Gasteiger partial charge in [-0.2, -0.15) is 0 Å². The molecule has 1 aliphatic rings. The third-order valence-electron chi connectivity index (χ3n) is 4.33. The van der Waals surface area contributed by atoms with Crippen LogP contribution < -0.4 is 5.32 Å². The van der Waals surface area contributed by atoms with Crippen LogP contribution in [0.3, 0.4) is 0 Å². The SMILES string of the molecule is CNCCC1CCN(C(=O)c2cc(C(C)=O)cn2C)CC1.Cl. The van der Waals surface area contributed by atoms with Crippen molar-refractivity contribution >= 4 is 24.1 Å². The first-order chi connectivity index (χ1) is 10.0. The number of likely N-dealkylation sites (tertiary alicyclic amines) is 1. The topological polar surface area (TPSA) is 54.3 Å². The summed E-state index contributed by atoms with van der Waals surface area (Å²) in [5.41, 5.74) is 1.21. The number of amides is 1. The summed E-state index contributed by atoms with van der Waals surface area (Å²) in [6.45, 7) is 4.19. The fourth-order valence-electron chi connectivity index (χ4n) is 2.90. The molecule has 0 bridgehead atoms. The minimum Gasteiger partial charge on any atom is -0.346 e. The average molecular weight is 328 g/mol. The van der Waals surface area contributed by atoms with E-state index >= 15 is 0 Å². The molecule has 2 rings (SSSR count). The molecule has 0 saturated carbocycles. The third kappa shape index (κ3) is 4.34. The van der Waals surface area contributed by atoms with Crippen molar-refractivity contribution in [2.45, 2.75) is 26.2 Å². The van der Waals surface area contributed by atoms with E-state index in [1.807, 2.05) is 19.0 Å². The summed E-state index contributed by atoms with van der Waals surface area (Å²) in [6.07, 6.45) is 5.04. The third-order valence-corrected chi connectivity index (χ3v) is 4.33. The Hall–Kier alpha value is -1.33. The molecule has 1 saturated heterocycles. The van der Waals surface area contributed by atoms with Crippen molar-refractivity contribution in [3.63, 3.8) is 0 Å². The fourth-order valence-corrected chi connectivity index (χ4v) is 2.90. The lowest BCUT2D eigenvalue weighted by atomic mass is 9.93. The van der Waals surface area contributed by atoms with Gasteiger partial charge >= 0.3 is 0 Å². The van der Waals surface area contributed by atoms with Crippen LogP contribution in [0.1, 0.15) is 47.0 Å². The number of carbonyl (C=O) groups is 2. The number of aromatic nitrogens is 1. The van der Waals surface area contributed by atoms with E-state index in [-0.39, 0.29) is 24.1 Å². The molecule has 1 aliphatic heterocycles. The van der Waals surface area contributed by atoms with Crippen LogP contribution in [0.4, 0.5) is 0 Å². The molecule has 0 atom stereocenters. The number of carbonyl (C=O) groups excluding carboxylic acids is 2. The Morgan fingerprint density at radius 1 is 1.32 bits per heavy atom. The molecule has 22 heavy (non-hydrogen) atoms. The van der Waals surface area contributed by atoms with E-state index in [0.29, 0.717) is 17.2 Å². The molecule has 0 unspecified atom stereocenters. The molecular formula is C16H26ClN3O2. The fraction of sp³-hybridized carbons (Fsp3) is 0.625. The molecule has 0 spiro atoms. The van der Waals surface area contributed by atoms with Gasteiger partial charge in [-0.3, -0.25) is 9.59 Å². The molecule has 1 aromatic heterocycles. The molecule has 124 valence electrons. The van der Waals surface area contributed by atoms with Crippen LogP contribution in [0.15, 0.2) is 12.3 Å². The van der Waals surface area contributed by atoms with Crippen LogP contribution in [-0.2, 0) is 7.05 Å². The van der Waals surface area contributed by atoms with E-state index in [1.54, 1.807) is 16.8 Å². The predicted octanol–water partition coefficient (Wildman–Crippen LogP) is 2.11. The number of nitrogens with one attached hydrogen (secondary N) is 1. The minimum absolute atomic E-state index is 0. The van der Waals surface area contributed by atoms with Gasteiger partial charge in [0.2, 0.25) is 0 Å². The van der Waals surface area contributed by atoms with Crippen molar-refractivity contribution in [2.24, 2.45) is 13.0 Å². The first-order valence-corrected chi connectivity index (χ1v) is 7.64. The molecule has 1 fully saturated rings. The highest BCUT2D eigenvalue weighted by atomic mass is 35.5. The zero-order valence-corrected chi connectivity index (χ0v) is 14.4. The Morgan fingerprint density at radius 3 is 2.45 bits per heavy atom. The second-order valence-corrected chi connectivity index (χ2v) is 5.91. The maximum atomic E-state index is 12.6. The van der Waals surface area contributed by atoms with Crippen molar-refractivity contribution in [1.29, 1.82) is 0 Å². The number of hydrogen-bond donors (Lipinski definition) is 1. The van der Waals surface area contributed by atoms with Gasteiger partial charge in [-0.15, -0.1) is 12.4 Å². The van der Waals surface area contributed by atoms with E-state index in [1.165, 1.54) is 13.3 Å². The van der Waals surface area contributed by atoms with Crippen molar-refractivity contribution in [2.75, 3.05) is 26.7 Å². The summed E-state index contributed by atoms with van der Waals surface area (Å²) in [5.74, 6) is 0.746. The summed E-state index contributed by atoms with van der Waals surface area (Å²) >= 11 is 0. The van der Waals surface area contributed by atoms with Crippen LogP contribution in [0.5, 0.6) is 0 Å². The van der Waals surface area contributed by atoms with E-state index < -0.39 is 0 Å². The lowest BCUT2D eigenvalue weighted by Gasteiger charge is -2.32. The summed E-state index contributed by atoms with van der Waals surface area (Å²) in [7, 11) is 3.79. The normalized spacial score (nSPS) is 15.5. The molecule has 1 N–H and O–H groups in total. The van der Waals surface area contributed by atoms with Gasteiger partial charge in [0.05, 0.1) is 0 Å². The van der Waals surface area contributed by atoms with Crippen LogP contribution in [0, 0.1) is 5.92 Å². The van der Waals surface area contributed by atoms with Gasteiger partial charge < -0.3 is 14.8 Å². The first-order valence-electron chi connectivity index (χ1n) is 7.64. The van der Waals surface area contributed by atoms with Crippen molar-refractivity contribution in [3.8, 4) is 0 Å². The highest BCUT2D eigenvalue weighted by Gasteiger charge is 2.25. The lowest BCUT2D eigenvalue weighted by Crippen LogP contribution is -2.39. The van der Waals surface area contributed by atoms with E-state index in [4.69, 9.17) is 0 Å². The molecular weight excluding hydrogens is 302 g/mol. The number of piperidine rings is 1. The van der Waals surface area contributed by atoms with Gasteiger partial charge in [0.1, 0.15) is 5.69 Å². The molecule has 2 heterocycles. The van der Waals surface area contributed by atoms with E-state index in [9.17, 15) is 9.59 Å². The Kier molecular flexibility index (Phi) is 7.10. The van der Waals surface area contributed by atoms with Crippen molar-refractivity contribution in [1.82, 2.24) is 14.8 Å². The highest BCUT2D eigenvalue weighted by molar-refractivity contribution is 5.99. The Balaban J connectivity index is 0.00000242. The standard InChI is InChI=1S/C16H25N3O2.ClH/c1-12(20)14-10-15(18(3)11-14)16(21)19-8-5-13(6-9-19)4-7-17-2;/h10-11,13,17H,4-9H2,1-3H3;1H. The molecule has 5 nitrogen and oxygen atoms in total. The van der Waals surface area contributed by atoms with Gasteiger partial charge in [-0.1, -0.05) is 0 Å². The molecule has 1 amide bonds. The van der Waals surface area contributed by atoms with Crippen molar-refractivity contribution in [3.05, 3.63) is 23.5 Å². The number of halogens is 1. The van der Waals surface area contributed by atoms with Crippen molar-refractivity contribution < 1.29 is 9.59 Å². The maximum absolute atomic E-state index is 12.6. The molecule has 6 heteroatoms. The van der Waals surface area contributed by atoms with Crippen LogP contribution in [0.2, 0.25) is 0 Å². The molecule has 0 aromatic carbocycles. The number of nitrogens with zero attached hydrogens (tertiary/aromatic N) is 2. The molecule has 0 aliphatic carbocycles. The van der Waals surface area contributed by atoms with Crippen LogP contribution >= 0.6 is 12.4 Å². The zero-order valence-electron chi connectivity index (χ0n) is 13.6. The number of aryl methyl sites for hydroxylation is 1. The van der Waals surface area contributed by atoms with E-state index in [2.05, 4.69) is 5.32 Å². The molecule has 0 radical (unpaired) electrons. The monoisotopic (exact) mass is 327 g/mol. The second-order valence-electron chi connectivity index (χ2n) is 5.91. The minimum atomic E-state index is -0.00424. The predicted molar refractivity (Wildman–Crippen MR) is 89.8 cm³/mol. The Morgan fingerprint density at radius 2 is 1.95 bits per heavy atom. The summed E-state index contributed by atoms with van der Waals surface area (Å²) in [5, 5.41) is 3.18. The highest BCUT2D eigenvalue weighted by Crippen LogP contribution is 2.22. The number of rotatable bonds is 5. The van der Waals surface area contributed by atoms with Gasteiger partial charge in [0, 0.05) is 31.9 Å². The summed E-state index contributed by atoms with van der Waals surface area (Å²) in [4.78, 5) is 25.9. The van der Waals surface area contributed by atoms with Gasteiger partial charge in [-0.25, -0.2) is 0 Å². The van der Waals surface area contributed by atoms with Crippen LogP contribution in [-0.4, -0.2) is 47.8 Å². The number of ketones is 1. The number of hydrogen-bond acceptors (Lipinski definition) is 3. The van der Waals surface area contributed by atoms with Crippen LogP contribution in [0.25, 0.3) is 0 Å².